The number of nitrogens with zero attached hydrogens (tertiary/aromatic N) is 4. The van der Waals surface area contributed by atoms with Gasteiger partial charge in [0.15, 0.2) is 5.65 Å². The summed E-state index contributed by atoms with van der Waals surface area (Å²) in [5.41, 5.74) is 4.26. The molecule has 1 saturated carbocycles. The molecule has 0 spiro atoms. The number of furan rings is 1. The highest BCUT2D eigenvalue weighted by atomic mass is 16.3. The third-order valence-corrected chi connectivity index (χ3v) is 5.30. The van der Waals surface area contributed by atoms with Crippen LogP contribution in [0, 0.1) is 0 Å². The molecule has 4 heterocycles. The van der Waals surface area contributed by atoms with E-state index in [1.165, 1.54) is 0 Å². The average Bonchev–Trinajstić information content (AvgIpc) is 3.40. The molecule has 1 aliphatic rings. The van der Waals surface area contributed by atoms with Crippen molar-refractivity contribution in [2.75, 3.05) is 5.32 Å². The van der Waals surface area contributed by atoms with Crippen LogP contribution in [0.5, 0.6) is 0 Å². The molecule has 0 unspecified atom stereocenters. The first-order chi connectivity index (χ1) is 13.8. The van der Waals surface area contributed by atoms with E-state index < -0.39 is 0 Å². The van der Waals surface area contributed by atoms with Gasteiger partial charge in [-0.1, -0.05) is 12.8 Å². The number of hydrogen-bond acceptors (Lipinski definition) is 6. The van der Waals surface area contributed by atoms with Gasteiger partial charge in [-0.3, -0.25) is 9.55 Å². The zero-order valence-electron chi connectivity index (χ0n) is 15.3. The second-order valence-electron chi connectivity index (χ2n) is 7.17. The summed E-state index contributed by atoms with van der Waals surface area (Å²) < 4.78 is 7.11. The Labute approximate surface area is 162 Å². The number of imidazole rings is 1. The number of aromatic nitrogens is 4. The highest BCUT2D eigenvalue weighted by Crippen LogP contribution is 2.25. The molecular formula is C21H21N5O2. The molecule has 0 aliphatic heterocycles. The Balaban J connectivity index is 1.49. The predicted octanol–water partition coefficient (Wildman–Crippen LogP) is 3.79. The zero-order chi connectivity index (χ0) is 18.9. The number of hydrogen-bond donors (Lipinski definition) is 2. The molecule has 2 N–H and O–H groups in total. The first kappa shape index (κ1) is 16.9. The van der Waals surface area contributed by atoms with E-state index in [0.29, 0.717) is 0 Å². The van der Waals surface area contributed by atoms with Crippen LogP contribution < -0.4 is 5.32 Å². The van der Waals surface area contributed by atoms with E-state index in [4.69, 9.17) is 9.40 Å². The minimum atomic E-state index is -0.325. The molecule has 0 amide bonds. The van der Waals surface area contributed by atoms with E-state index in [9.17, 15) is 5.11 Å². The van der Waals surface area contributed by atoms with Crippen molar-refractivity contribution >= 4 is 17.0 Å². The Morgan fingerprint density at radius 1 is 1.11 bits per heavy atom. The summed E-state index contributed by atoms with van der Waals surface area (Å²) in [6, 6.07) is 9.71. The van der Waals surface area contributed by atoms with Gasteiger partial charge in [-0.25, -0.2) is 9.97 Å². The molecule has 4 aromatic rings. The maximum atomic E-state index is 10.2. The maximum Gasteiger partial charge on any atom is 0.166 e. The molecule has 28 heavy (non-hydrogen) atoms. The zero-order valence-corrected chi connectivity index (χ0v) is 15.3. The number of anilines is 1. The van der Waals surface area contributed by atoms with Gasteiger partial charge >= 0.3 is 0 Å². The van der Waals surface area contributed by atoms with Crippen molar-refractivity contribution in [1.82, 2.24) is 19.5 Å². The average molecular weight is 375 g/mol. The number of nitrogens with one attached hydrogen (secondary N) is 1. The minimum Gasteiger partial charge on any atom is -0.472 e. The highest BCUT2D eigenvalue weighted by Gasteiger charge is 2.23. The molecule has 1 fully saturated rings. The van der Waals surface area contributed by atoms with Crippen molar-refractivity contribution in [3.63, 3.8) is 0 Å². The second kappa shape index (κ2) is 7.09. The van der Waals surface area contributed by atoms with E-state index in [2.05, 4.69) is 15.3 Å². The molecular weight excluding hydrogens is 354 g/mol. The van der Waals surface area contributed by atoms with Gasteiger partial charge < -0.3 is 14.8 Å². The Bertz CT molecular complexity index is 1090. The molecule has 7 nitrogen and oxygen atoms in total. The summed E-state index contributed by atoms with van der Waals surface area (Å²) in [4.78, 5) is 13.7. The molecule has 0 aromatic carbocycles. The van der Waals surface area contributed by atoms with Crippen LogP contribution in [0.15, 0.2) is 59.8 Å². The lowest BCUT2D eigenvalue weighted by Crippen LogP contribution is -2.36. The number of rotatable bonds is 4. The normalized spacial score (nSPS) is 19.8. The lowest BCUT2D eigenvalue weighted by Gasteiger charge is -2.28. The Morgan fingerprint density at radius 2 is 2.04 bits per heavy atom. The van der Waals surface area contributed by atoms with Crippen LogP contribution in [0.1, 0.15) is 25.7 Å². The minimum absolute atomic E-state index is 0.0451. The highest BCUT2D eigenvalue weighted by molar-refractivity contribution is 5.75. The van der Waals surface area contributed by atoms with Gasteiger partial charge in [0.25, 0.3) is 0 Å². The molecule has 0 bridgehead atoms. The smallest absolute Gasteiger partial charge is 0.166 e. The van der Waals surface area contributed by atoms with Gasteiger partial charge in [-0.15, -0.1) is 0 Å². The van der Waals surface area contributed by atoms with Crippen molar-refractivity contribution in [3.8, 4) is 16.9 Å². The Kier molecular flexibility index (Phi) is 4.29. The van der Waals surface area contributed by atoms with Crippen LogP contribution in [-0.2, 0) is 0 Å². The number of pyridine rings is 2. The van der Waals surface area contributed by atoms with Crippen molar-refractivity contribution in [2.24, 2.45) is 0 Å². The van der Waals surface area contributed by atoms with Gasteiger partial charge in [-0.05, 0) is 43.2 Å². The van der Waals surface area contributed by atoms with E-state index in [1.54, 1.807) is 25.1 Å². The van der Waals surface area contributed by atoms with E-state index in [-0.39, 0.29) is 12.1 Å². The molecule has 2 atom stereocenters. The van der Waals surface area contributed by atoms with Gasteiger partial charge in [0.2, 0.25) is 0 Å². The lowest BCUT2D eigenvalue weighted by molar-refractivity contribution is 0.116. The van der Waals surface area contributed by atoms with E-state index in [1.807, 2.05) is 34.9 Å². The second-order valence-corrected chi connectivity index (χ2v) is 7.17. The van der Waals surface area contributed by atoms with Crippen molar-refractivity contribution in [3.05, 3.63) is 55.4 Å². The topological polar surface area (TPSA) is 89.0 Å². The van der Waals surface area contributed by atoms with E-state index in [0.717, 1.165) is 59.6 Å². The van der Waals surface area contributed by atoms with Crippen LogP contribution >= 0.6 is 0 Å². The largest absolute Gasteiger partial charge is 0.472 e. The van der Waals surface area contributed by atoms with Crippen LogP contribution in [0.4, 0.5) is 5.82 Å². The summed E-state index contributed by atoms with van der Waals surface area (Å²) in [5, 5.41) is 13.6. The summed E-state index contributed by atoms with van der Waals surface area (Å²) >= 11 is 0. The van der Waals surface area contributed by atoms with Gasteiger partial charge in [0.1, 0.15) is 17.7 Å². The molecule has 4 aromatic heterocycles. The fourth-order valence-corrected chi connectivity index (χ4v) is 3.77. The number of aliphatic hydroxyl groups excluding tert-OH is 1. The summed E-state index contributed by atoms with van der Waals surface area (Å²) in [5.74, 6) is 0.754. The van der Waals surface area contributed by atoms with Crippen LogP contribution in [0.25, 0.3) is 28.1 Å². The Hall–Kier alpha value is -3.19. The first-order valence-electron chi connectivity index (χ1n) is 9.56. The quantitative estimate of drug-likeness (QED) is 0.564. The summed E-state index contributed by atoms with van der Waals surface area (Å²) in [7, 11) is 0. The van der Waals surface area contributed by atoms with Crippen molar-refractivity contribution < 1.29 is 9.52 Å². The fourth-order valence-electron chi connectivity index (χ4n) is 3.77. The van der Waals surface area contributed by atoms with Crippen LogP contribution in [0.2, 0.25) is 0 Å². The summed E-state index contributed by atoms with van der Waals surface area (Å²) in [6.45, 7) is 0. The lowest BCUT2D eigenvalue weighted by atomic mass is 9.92. The van der Waals surface area contributed by atoms with Crippen molar-refractivity contribution in [2.45, 2.75) is 37.8 Å². The molecule has 7 heteroatoms. The number of aliphatic hydroxyl groups is 1. The number of fused-ring (bicyclic) bond motifs is 1. The molecule has 1 aliphatic carbocycles. The molecule has 142 valence electrons. The van der Waals surface area contributed by atoms with E-state index >= 15 is 0 Å². The van der Waals surface area contributed by atoms with Gasteiger partial charge in [0, 0.05) is 11.8 Å². The fraction of sp³-hybridized carbons (Fsp3) is 0.286. The summed E-state index contributed by atoms with van der Waals surface area (Å²) in [6.07, 6.45) is 10.5. The maximum absolute atomic E-state index is 10.2. The SMILES string of the molecule is O[C@@H]1CCCC[C@H]1Nc1ccc2ncn(-c3ccnc(-c4ccoc4)c3)c2n1. The molecule has 0 saturated heterocycles. The molecule has 0 radical (unpaired) electrons. The molecule has 5 rings (SSSR count). The third-order valence-electron chi connectivity index (χ3n) is 5.30. The van der Waals surface area contributed by atoms with Crippen molar-refractivity contribution in [1.29, 1.82) is 0 Å². The standard InChI is InChI=1S/C21H21N5O2/c27-19-4-2-1-3-16(19)24-20-6-5-17-21(25-20)26(13-23-17)15-7-9-22-18(11-15)14-8-10-28-12-14/h5-13,16,19,27H,1-4H2,(H,24,25)/t16-,19-/m1/s1. The predicted molar refractivity (Wildman–Crippen MR) is 106 cm³/mol. The first-order valence-corrected chi connectivity index (χ1v) is 9.56. The monoisotopic (exact) mass is 375 g/mol. The van der Waals surface area contributed by atoms with Gasteiger partial charge in [-0.2, -0.15) is 0 Å². The van der Waals surface area contributed by atoms with Crippen LogP contribution in [0.3, 0.4) is 0 Å². The van der Waals surface area contributed by atoms with Crippen LogP contribution in [-0.4, -0.2) is 36.8 Å². The van der Waals surface area contributed by atoms with Gasteiger partial charge in [0.05, 0.1) is 36.1 Å². The third kappa shape index (κ3) is 3.14. The Morgan fingerprint density at radius 3 is 2.89 bits per heavy atom.